The first-order valence-electron chi connectivity index (χ1n) is 9.44. The van der Waals surface area contributed by atoms with Gasteiger partial charge in [0.1, 0.15) is 0 Å². The topological polar surface area (TPSA) is 59.9 Å². The summed E-state index contributed by atoms with van der Waals surface area (Å²) in [4.78, 5) is 7.00. The first-order chi connectivity index (χ1) is 12.6. The molecule has 0 saturated carbocycles. The Balaban J connectivity index is 0.00000261. The number of guanidine groups is 1. The van der Waals surface area contributed by atoms with E-state index in [-0.39, 0.29) is 24.0 Å². The van der Waals surface area contributed by atoms with Crippen molar-refractivity contribution >= 4 is 59.0 Å². The molecule has 1 aromatic rings. The molecule has 2 atom stereocenters. The summed E-state index contributed by atoms with van der Waals surface area (Å²) in [5, 5.41) is 18.2. The van der Waals surface area contributed by atoms with Gasteiger partial charge in [-0.15, -0.1) is 24.0 Å². The predicted octanol–water partition coefficient (Wildman–Crippen LogP) is 3.35. The molecule has 0 amide bonds. The number of halogens is 2. The maximum atomic E-state index is 10.5. The van der Waals surface area contributed by atoms with Crippen LogP contribution < -0.4 is 15.5 Å². The number of benzene rings is 1. The van der Waals surface area contributed by atoms with Crippen LogP contribution in [0, 0.1) is 0 Å². The van der Waals surface area contributed by atoms with Crippen LogP contribution in [-0.2, 0) is 0 Å². The standard InChI is InChI=1S/C19H29ClN4OS.HI/c1-2-21-18(22-13-19(25)9-11-26-14-19)23-15-6-5-10-24(12-15)17-8-4-3-7-16(17)20;/h3-4,7-8,15,25H,2,5-6,9-14H2,1H3,(H2,21,22,23);1H. The lowest BCUT2D eigenvalue weighted by Gasteiger charge is -2.36. The zero-order valence-corrected chi connectivity index (χ0v) is 19.7. The Hall–Kier alpha value is -0.380. The second-order valence-electron chi connectivity index (χ2n) is 7.10. The average Bonchev–Trinajstić information content (AvgIpc) is 3.08. The number of aliphatic hydroxyl groups is 1. The van der Waals surface area contributed by atoms with Crippen molar-refractivity contribution in [2.45, 2.75) is 37.8 Å². The largest absolute Gasteiger partial charge is 0.387 e. The van der Waals surface area contributed by atoms with Crippen LogP contribution in [0.15, 0.2) is 29.3 Å². The minimum atomic E-state index is -0.650. The minimum Gasteiger partial charge on any atom is -0.387 e. The molecule has 0 spiro atoms. The van der Waals surface area contributed by atoms with Crippen molar-refractivity contribution < 1.29 is 5.11 Å². The highest BCUT2D eigenvalue weighted by atomic mass is 127. The number of rotatable bonds is 5. The fourth-order valence-corrected chi connectivity index (χ4v) is 5.02. The maximum absolute atomic E-state index is 10.5. The normalized spacial score (nSPS) is 25.8. The highest BCUT2D eigenvalue weighted by molar-refractivity contribution is 14.0. The molecule has 1 aromatic carbocycles. The van der Waals surface area contributed by atoms with Crippen LogP contribution in [0.5, 0.6) is 0 Å². The number of nitrogens with zero attached hydrogens (tertiary/aromatic N) is 2. The first-order valence-corrected chi connectivity index (χ1v) is 11.0. The highest BCUT2D eigenvalue weighted by Crippen LogP contribution is 2.29. The van der Waals surface area contributed by atoms with E-state index < -0.39 is 5.60 Å². The fourth-order valence-electron chi connectivity index (χ4n) is 3.48. The lowest BCUT2D eigenvalue weighted by Crippen LogP contribution is -2.51. The molecule has 2 unspecified atom stereocenters. The first kappa shape index (κ1) is 22.9. The van der Waals surface area contributed by atoms with Crippen LogP contribution >= 0.6 is 47.3 Å². The van der Waals surface area contributed by atoms with E-state index >= 15 is 0 Å². The van der Waals surface area contributed by atoms with E-state index in [0.29, 0.717) is 12.6 Å². The van der Waals surface area contributed by atoms with Crippen LogP contribution in [-0.4, -0.2) is 60.4 Å². The van der Waals surface area contributed by atoms with Crippen LogP contribution in [0.25, 0.3) is 0 Å². The number of thioether (sulfide) groups is 1. The van der Waals surface area contributed by atoms with Crippen molar-refractivity contribution in [3.8, 4) is 0 Å². The van der Waals surface area contributed by atoms with E-state index in [2.05, 4.69) is 33.5 Å². The Bertz CT molecular complexity index is 627. The van der Waals surface area contributed by atoms with Crippen molar-refractivity contribution in [3.05, 3.63) is 29.3 Å². The molecule has 27 heavy (non-hydrogen) atoms. The van der Waals surface area contributed by atoms with Gasteiger partial charge in [-0.05, 0) is 44.1 Å². The molecule has 0 bridgehead atoms. The molecule has 2 fully saturated rings. The van der Waals surface area contributed by atoms with Gasteiger partial charge in [-0.2, -0.15) is 11.8 Å². The second kappa shape index (κ2) is 11.0. The van der Waals surface area contributed by atoms with E-state index in [1.54, 1.807) is 11.8 Å². The van der Waals surface area contributed by atoms with Crippen LogP contribution in [0.4, 0.5) is 5.69 Å². The molecule has 0 aliphatic carbocycles. The molecule has 8 heteroatoms. The van der Waals surface area contributed by atoms with Crippen LogP contribution in [0.3, 0.4) is 0 Å². The molecule has 2 aliphatic rings. The van der Waals surface area contributed by atoms with Gasteiger partial charge < -0.3 is 20.6 Å². The third-order valence-corrected chi connectivity index (χ3v) is 6.47. The second-order valence-corrected chi connectivity index (χ2v) is 8.62. The number of hydrogen-bond acceptors (Lipinski definition) is 4. The number of hydrogen-bond donors (Lipinski definition) is 3. The molecule has 3 rings (SSSR count). The van der Waals surface area contributed by atoms with Crippen molar-refractivity contribution in [1.82, 2.24) is 10.6 Å². The Morgan fingerprint density at radius 2 is 2.26 bits per heavy atom. The van der Waals surface area contributed by atoms with Gasteiger partial charge in [0.2, 0.25) is 0 Å². The molecule has 0 aromatic heterocycles. The Morgan fingerprint density at radius 1 is 1.44 bits per heavy atom. The number of anilines is 1. The zero-order valence-electron chi connectivity index (χ0n) is 15.8. The van der Waals surface area contributed by atoms with Gasteiger partial charge in [0, 0.05) is 31.4 Å². The molecule has 152 valence electrons. The summed E-state index contributed by atoms with van der Waals surface area (Å²) >= 11 is 8.17. The molecule has 2 aliphatic heterocycles. The summed E-state index contributed by atoms with van der Waals surface area (Å²) in [5.74, 6) is 2.59. The fraction of sp³-hybridized carbons (Fsp3) is 0.632. The molecular weight excluding hydrogens is 495 g/mol. The van der Waals surface area contributed by atoms with Gasteiger partial charge in [-0.3, -0.25) is 4.99 Å². The Morgan fingerprint density at radius 3 is 2.96 bits per heavy atom. The van der Waals surface area contributed by atoms with Crippen LogP contribution in [0.1, 0.15) is 26.2 Å². The molecule has 2 heterocycles. The molecule has 5 nitrogen and oxygen atoms in total. The van der Waals surface area contributed by atoms with E-state index in [1.807, 2.05) is 18.2 Å². The Kier molecular flexibility index (Phi) is 9.31. The number of aliphatic imine (C=N–C) groups is 1. The monoisotopic (exact) mass is 524 g/mol. The van der Waals surface area contributed by atoms with Crippen LogP contribution in [0.2, 0.25) is 5.02 Å². The van der Waals surface area contributed by atoms with Crippen molar-refractivity contribution in [2.24, 2.45) is 4.99 Å². The van der Waals surface area contributed by atoms with Crippen molar-refractivity contribution in [3.63, 3.8) is 0 Å². The average molecular weight is 525 g/mol. The lowest BCUT2D eigenvalue weighted by molar-refractivity contribution is 0.0778. The van der Waals surface area contributed by atoms with Gasteiger partial charge in [0.05, 0.1) is 22.9 Å². The maximum Gasteiger partial charge on any atom is 0.191 e. The van der Waals surface area contributed by atoms with Gasteiger partial charge in [0.25, 0.3) is 0 Å². The summed E-state index contributed by atoms with van der Waals surface area (Å²) in [5.41, 5.74) is 0.448. The summed E-state index contributed by atoms with van der Waals surface area (Å²) < 4.78 is 0. The number of piperidine rings is 1. The van der Waals surface area contributed by atoms with Gasteiger partial charge in [0.15, 0.2) is 5.96 Å². The smallest absolute Gasteiger partial charge is 0.191 e. The quantitative estimate of drug-likeness (QED) is 0.313. The van der Waals surface area contributed by atoms with E-state index in [9.17, 15) is 5.11 Å². The molecule has 2 saturated heterocycles. The number of para-hydroxylation sites is 1. The molecule has 3 N–H and O–H groups in total. The van der Waals surface area contributed by atoms with Crippen molar-refractivity contribution in [2.75, 3.05) is 42.6 Å². The lowest BCUT2D eigenvalue weighted by atomic mass is 10.0. The Labute approximate surface area is 188 Å². The summed E-state index contributed by atoms with van der Waals surface area (Å²) in [6.07, 6.45) is 3.04. The number of nitrogens with one attached hydrogen (secondary N) is 2. The zero-order chi connectivity index (χ0) is 18.4. The van der Waals surface area contributed by atoms with Gasteiger partial charge >= 0.3 is 0 Å². The van der Waals surface area contributed by atoms with E-state index in [0.717, 1.165) is 67.1 Å². The third-order valence-electron chi connectivity index (χ3n) is 4.91. The molecular formula is C19H30ClIN4OS. The summed E-state index contributed by atoms with van der Waals surface area (Å²) in [7, 11) is 0. The predicted molar refractivity (Wildman–Crippen MR) is 128 cm³/mol. The third kappa shape index (κ3) is 6.58. The van der Waals surface area contributed by atoms with E-state index in [1.165, 1.54) is 0 Å². The van der Waals surface area contributed by atoms with Gasteiger partial charge in [-0.25, -0.2) is 0 Å². The van der Waals surface area contributed by atoms with Crippen molar-refractivity contribution in [1.29, 1.82) is 0 Å². The summed E-state index contributed by atoms with van der Waals surface area (Å²) in [6, 6.07) is 8.33. The van der Waals surface area contributed by atoms with Gasteiger partial charge in [-0.1, -0.05) is 23.7 Å². The molecule has 0 radical (unpaired) electrons. The van der Waals surface area contributed by atoms with E-state index in [4.69, 9.17) is 11.6 Å². The minimum absolute atomic E-state index is 0. The SMILES string of the molecule is CCNC(=NCC1(O)CCSC1)NC1CCCN(c2ccccc2Cl)C1.I. The summed E-state index contributed by atoms with van der Waals surface area (Å²) in [6.45, 7) is 5.24. The highest BCUT2D eigenvalue weighted by Gasteiger charge is 2.31.